The Morgan fingerprint density at radius 3 is 2.44 bits per heavy atom. The van der Waals surface area contributed by atoms with Crippen molar-refractivity contribution in [3.63, 3.8) is 0 Å². The smallest absolute Gasteiger partial charge is 0.335 e. The molecular formula is C22H24N4O5S. The molecule has 0 aliphatic carbocycles. The van der Waals surface area contributed by atoms with E-state index < -0.39 is 16.0 Å². The number of benzene rings is 2. The Balaban J connectivity index is 1.53. The van der Waals surface area contributed by atoms with Crippen molar-refractivity contribution in [3.05, 3.63) is 70.3 Å². The van der Waals surface area contributed by atoms with Crippen molar-refractivity contribution in [2.75, 3.05) is 26.2 Å². The number of hydrogen-bond acceptors (Lipinski definition) is 6. The molecule has 1 aromatic heterocycles. The normalized spacial score (nSPS) is 16.8. The van der Waals surface area contributed by atoms with Crippen LogP contribution in [0.15, 0.2) is 58.2 Å². The Kier molecular flexibility index (Phi) is 5.85. The molecule has 1 aliphatic heterocycles. The fourth-order valence-electron chi connectivity index (χ4n) is 4.04. The van der Waals surface area contributed by atoms with Gasteiger partial charge in [-0.3, -0.25) is 14.3 Å². The third-order valence-corrected chi connectivity index (χ3v) is 7.83. The number of aromatic carboxylic acids is 1. The third-order valence-electron chi connectivity index (χ3n) is 5.93. The van der Waals surface area contributed by atoms with Crippen LogP contribution in [0.3, 0.4) is 0 Å². The Hall–Kier alpha value is -3.08. The molecular weight excluding hydrogens is 432 g/mol. The van der Waals surface area contributed by atoms with E-state index in [-0.39, 0.29) is 35.1 Å². The third kappa shape index (κ3) is 3.92. The predicted molar refractivity (Wildman–Crippen MR) is 119 cm³/mol. The van der Waals surface area contributed by atoms with Crippen molar-refractivity contribution >= 4 is 26.9 Å². The van der Waals surface area contributed by atoms with E-state index in [1.165, 1.54) is 28.6 Å². The van der Waals surface area contributed by atoms with Crippen LogP contribution < -0.4 is 5.56 Å². The Morgan fingerprint density at radius 2 is 1.75 bits per heavy atom. The molecule has 10 heteroatoms. The summed E-state index contributed by atoms with van der Waals surface area (Å²) in [6.07, 6.45) is 0. The molecule has 9 nitrogen and oxygen atoms in total. The molecule has 2 aromatic carbocycles. The minimum absolute atomic E-state index is 0.0301. The highest BCUT2D eigenvalue weighted by molar-refractivity contribution is 7.89. The molecule has 0 radical (unpaired) electrons. The van der Waals surface area contributed by atoms with Crippen molar-refractivity contribution in [3.8, 4) is 0 Å². The van der Waals surface area contributed by atoms with Gasteiger partial charge in [-0.25, -0.2) is 18.2 Å². The Bertz CT molecular complexity index is 1340. The molecule has 0 spiro atoms. The molecule has 32 heavy (non-hydrogen) atoms. The molecule has 2 heterocycles. The fourth-order valence-corrected chi connectivity index (χ4v) is 5.51. The van der Waals surface area contributed by atoms with Crippen LogP contribution in [-0.4, -0.2) is 64.4 Å². The summed E-state index contributed by atoms with van der Waals surface area (Å²) in [6.45, 7) is 3.39. The quantitative estimate of drug-likeness (QED) is 0.622. The van der Waals surface area contributed by atoms with E-state index >= 15 is 0 Å². The number of piperazine rings is 1. The maximum Gasteiger partial charge on any atom is 0.335 e. The molecule has 0 amide bonds. The summed E-state index contributed by atoms with van der Waals surface area (Å²) in [5.74, 6) is -0.548. The number of carbonyl (C=O) groups is 1. The molecule has 1 saturated heterocycles. The van der Waals surface area contributed by atoms with Crippen LogP contribution >= 0.6 is 0 Å². The Morgan fingerprint density at radius 1 is 1.06 bits per heavy atom. The van der Waals surface area contributed by atoms with E-state index in [0.29, 0.717) is 29.8 Å². The molecule has 0 bridgehead atoms. The lowest BCUT2D eigenvalue weighted by atomic mass is 10.2. The summed E-state index contributed by atoms with van der Waals surface area (Å²) in [5, 5.41) is 9.71. The summed E-state index contributed by atoms with van der Waals surface area (Å²) >= 11 is 0. The number of hydrogen-bond donors (Lipinski definition) is 1. The number of carboxylic acids is 1. The summed E-state index contributed by atoms with van der Waals surface area (Å²) in [6, 6.07) is 12.4. The SMILES string of the molecule is CC(c1nc2ccccc2c(=O)n1C)N1CCN(S(=O)(=O)c2cccc(C(=O)O)c2)CC1. The maximum absolute atomic E-state index is 13.0. The zero-order valence-electron chi connectivity index (χ0n) is 17.8. The number of sulfonamides is 1. The van der Waals surface area contributed by atoms with E-state index in [2.05, 4.69) is 9.88 Å². The van der Waals surface area contributed by atoms with Crippen molar-refractivity contribution in [1.29, 1.82) is 0 Å². The van der Waals surface area contributed by atoms with Gasteiger partial charge in [-0.15, -0.1) is 0 Å². The second-order valence-corrected chi connectivity index (χ2v) is 9.74. The van der Waals surface area contributed by atoms with E-state index in [9.17, 15) is 18.0 Å². The van der Waals surface area contributed by atoms with Gasteiger partial charge < -0.3 is 5.11 Å². The molecule has 1 fully saturated rings. The molecule has 0 saturated carbocycles. The molecule has 1 atom stereocenters. The van der Waals surface area contributed by atoms with E-state index in [0.717, 1.165) is 0 Å². The zero-order valence-corrected chi connectivity index (χ0v) is 18.6. The molecule has 1 aliphatic rings. The Labute approximate surface area is 185 Å². The highest BCUT2D eigenvalue weighted by Crippen LogP contribution is 2.24. The van der Waals surface area contributed by atoms with E-state index in [1.807, 2.05) is 19.1 Å². The lowest BCUT2D eigenvalue weighted by Gasteiger charge is -2.37. The summed E-state index contributed by atoms with van der Waals surface area (Å²) in [4.78, 5) is 30.7. The van der Waals surface area contributed by atoms with Gasteiger partial charge >= 0.3 is 5.97 Å². The number of fused-ring (bicyclic) bond motifs is 1. The minimum atomic E-state index is -3.80. The van der Waals surface area contributed by atoms with Gasteiger partial charge in [0, 0.05) is 33.2 Å². The van der Waals surface area contributed by atoms with Gasteiger partial charge in [0.1, 0.15) is 5.82 Å². The standard InChI is InChI=1S/C22H24N4O5S/c1-15(20-23-19-9-4-3-8-18(19)21(27)24(20)2)25-10-12-26(13-11-25)32(30,31)17-7-5-6-16(14-17)22(28)29/h3-9,14-15H,10-13H2,1-2H3,(H,28,29). The first-order valence-electron chi connectivity index (χ1n) is 10.2. The fraction of sp³-hybridized carbons (Fsp3) is 0.318. The molecule has 1 unspecified atom stereocenters. The number of carboxylic acid groups (broad SMARTS) is 1. The lowest BCUT2D eigenvalue weighted by molar-refractivity contribution is 0.0696. The summed E-state index contributed by atoms with van der Waals surface area (Å²) in [5.41, 5.74) is 0.454. The first kappa shape index (κ1) is 22.1. The molecule has 3 aromatic rings. The van der Waals surface area contributed by atoms with Crippen LogP contribution in [-0.2, 0) is 17.1 Å². The van der Waals surface area contributed by atoms with E-state index in [4.69, 9.17) is 5.11 Å². The second kappa shape index (κ2) is 8.45. The monoisotopic (exact) mass is 456 g/mol. The maximum atomic E-state index is 13.0. The molecule has 1 N–H and O–H groups in total. The van der Waals surface area contributed by atoms with Gasteiger partial charge in [0.25, 0.3) is 5.56 Å². The van der Waals surface area contributed by atoms with Crippen LogP contribution in [0.2, 0.25) is 0 Å². The van der Waals surface area contributed by atoms with Gasteiger partial charge in [-0.2, -0.15) is 4.31 Å². The molecule has 168 valence electrons. The first-order chi connectivity index (χ1) is 15.2. The van der Waals surface area contributed by atoms with Gasteiger partial charge in [0.2, 0.25) is 10.0 Å². The topological polar surface area (TPSA) is 113 Å². The minimum Gasteiger partial charge on any atom is -0.478 e. The summed E-state index contributed by atoms with van der Waals surface area (Å²) < 4.78 is 28.9. The van der Waals surface area contributed by atoms with E-state index in [1.54, 1.807) is 23.7 Å². The lowest BCUT2D eigenvalue weighted by Crippen LogP contribution is -2.49. The van der Waals surface area contributed by atoms with Gasteiger partial charge in [-0.1, -0.05) is 18.2 Å². The first-order valence-corrected chi connectivity index (χ1v) is 11.7. The predicted octanol–water partition coefficient (Wildman–Crippen LogP) is 1.70. The highest BCUT2D eigenvalue weighted by atomic mass is 32.2. The second-order valence-electron chi connectivity index (χ2n) is 7.80. The number of nitrogens with zero attached hydrogens (tertiary/aromatic N) is 4. The van der Waals surface area contributed by atoms with Crippen LogP contribution in [0.5, 0.6) is 0 Å². The number of para-hydroxylation sites is 1. The van der Waals surface area contributed by atoms with Gasteiger partial charge in [0.05, 0.1) is 27.4 Å². The van der Waals surface area contributed by atoms with Crippen LogP contribution in [0.4, 0.5) is 0 Å². The number of rotatable bonds is 5. The largest absolute Gasteiger partial charge is 0.478 e. The number of aromatic nitrogens is 2. The van der Waals surface area contributed by atoms with Crippen LogP contribution in [0.1, 0.15) is 29.1 Å². The van der Waals surface area contributed by atoms with Gasteiger partial charge in [-0.05, 0) is 37.3 Å². The van der Waals surface area contributed by atoms with Crippen molar-refractivity contribution in [2.45, 2.75) is 17.9 Å². The average Bonchev–Trinajstić information content (AvgIpc) is 2.81. The molecule has 4 rings (SSSR count). The van der Waals surface area contributed by atoms with Crippen LogP contribution in [0.25, 0.3) is 10.9 Å². The zero-order chi connectivity index (χ0) is 23.0. The van der Waals surface area contributed by atoms with Crippen LogP contribution in [0, 0.1) is 0 Å². The van der Waals surface area contributed by atoms with Crippen molar-refractivity contribution in [1.82, 2.24) is 18.8 Å². The van der Waals surface area contributed by atoms with Crippen molar-refractivity contribution < 1.29 is 18.3 Å². The van der Waals surface area contributed by atoms with Gasteiger partial charge in [0.15, 0.2) is 0 Å². The average molecular weight is 457 g/mol. The summed E-state index contributed by atoms with van der Waals surface area (Å²) in [7, 11) is -2.10. The van der Waals surface area contributed by atoms with Crippen molar-refractivity contribution in [2.24, 2.45) is 7.05 Å². The highest BCUT2D eigenvalue weighted by Gasteiger charge is 2.31.